The number of amides is 1. The molecule has 0 fully saturated rings. The first-order chi connectivity index (χ1) is 14.0. The maximum absolute atomic E-state index is 12.9. The Labute approximate surface area is 164 Å². The molecule has 146 valence electrons. The van der Waals surface area contributed by atoms with Crippen molar-refractivity contribution in [3.63, 3.8) is 0 Å². The number of halogens is 1. The molecule has 3 N–H and O–H groups in total. The fourth-order valence-electron chi connectivity index (χ4n) is 2.45. The monoisotopic (exact) mass is 394 g/mol. The summed E-state index contributed by atoms with van der Waals surface area (Å²) in [6, 6.07) is 13.7. The zero-order chi connectivity index (χ0) is 20.8. The molecule has 0 spiro atoms. The maximum atomic E-state index is 12.9. The first-order valence-corrected chi connectivity index (χ1v) is 8.44. The van der Waals surface area contributed by atoms with E-state index in [1.807, 2.05) is 6.07 Å². The number of benzene rings is 2. The van der Waals surface area contributed by atoms with E-state index in [0.717, 1.165) is 12.1 Å². The van der Waals surface area contributed by atoms with Crippen LogP contribution >= 0.6 is 0 Å². The molecule has 0 bridgehead atoms. The molecule has 9 heteroatoms. The van der Waals surface area contributed by atoms with Crippen LogP contribution in [0.4, 0.5) is 4.39 Å². The summed E-state index contributed by atoms with van der Waals surface area (Å²) in [7, 11) is 0. The molecule has 0 aliphatic carbocycles. The van der Waals surface area contributed by atoms with Crippen molar-refractivity contribution in [2.24, 2.45) is 0 Å². The molecule has 1 heterocycles. The minimum atomic E-state index is -0.825. The Morgan fingerprint density at radius 1 is 1.21 bits per heavy atom. The quantitative estimate of drug-likeness (QED) is 0.335. The molecule has 0 aliphatic heterocycles. The van der Waals surface area contributed by atoms with Crippen molar-refractivity contribution < 1.29 is 23.8 Å². The summed E-state index contributed by atoms with van der Waals surface area (Å²) in [6.45, 7) is -1.03. The van der Waals surface area contributed by atoms with Gasteiger partial charge in [-0.1, -0.05) is 12.1 Å². The predicted octanol–water partition coefficient (Wildman–Crippen LogP) is 2.47. The second kappa shape index (κ2) is 8.67. The van der Waals surface area contributed by atoms with E-state index in [9.17, 15) is 24.3 Å². The second-order valence-electron chi connectivity index (χ2n) is 5.89. The minimum Gasteiger partial charge on any atom is -0.507 e. The first kappa shape index (κ1) is 19.6. The Bertz CT molecular complexity index is 1100. The van der Waals surface area contributed by atoms with Crippen LogP contribution in [0.5, 0.6) is 0 Å². The highest BCUT2D eigenvalue weighted by molar-refractivity contribution is 5.95. The Balaban J connectivity index is 1.58. The van der Waals surface area contributed by atoms with Crippen molar-refractivity contribution in [3.05, 3.63) is 71.5 Å². The summed E-state index contributed by atoms with van der Waals surface area (Å²) in [6.07, 6.45) is 0. The second-order valence-corrected chi connectivity index (χ2v) is 5.89. The topological polar surface area (TPSA) is 128 Å². The Kier molecular flexibility index (Phi) is 5.85. The van der Waals surface area contributed by atoms with Crippen LogP contribution in [0.25, 0.3) is 16.6 Å². The smallest absolute Gasteiger partial charge is 0.325 e. The summed E-state index contributed by atoms with van der Waals surface area (Å²) in [5, 5.41) is 21.7. The third-order valence-corrected chi connectivity index (χ3v) is 3.90. The number of H-pyrrole nitrogens is 1. The van der Waals surface area contributed by atoms with Crippen LogP contribution in [0.3, 0.4) is 0 Å². The molecule has 0 aliphatic rings. The summed E-state index contributed by atoms with van der Waals surface area (Å²) in [5.74, 6) is -2.23. The van der Waals surface area contributed by atoms with Gasteiger partial charge in [-0.15, -0.1) is 0 Å². The van der Waals surface area contributed by atoms with E-state index in [1.54, 1.807) is 24.3 Å². The molecule has 3 aromatic rings. The zero-order valence-corrected chi connectivity index (χ0v) is 15.0. The predicted molar refractivity (Wildman–Crippen MR) is 101 cm³/mol. The Morgan fingerprint density at radius 2 is 1.93 bits per heavy atom. The van der Waals surface area contributed by atoms with Crippen molar-refractivity contribution in [3.8, 4) is 6.07 Å². The molecule has 1 amide bonds. The highest BCUT2D eigenvalue weighted by Crippen LogP contribution is 2.18. The van der Waals surface area contributed by atoms with Gasteiger partial charge in [-0.2, -0.15) is 5.26 Å². The number of aromatic amines is 1. The largest absolute Gasteiger partial charge is 0.507 e. The van der Waals surface area contributed by atoms with Gasteiger partial charge in [0.1, 0.15) is 30.6 Å². The van der Waals surface area contributed by atoms with Gasteiger partial charge in [0.25, 0.3) is 5.91 Å². The number of rotatable bonds is 6. The molecular weight excluding hydrogens is 379 g/mol. The number of allylic oxidation sites excluding steroid dienone is 1. The van der Waals surface area contributed by atoms with Crippen LogP contribution in [0.1, 0.15) is 16.2 Å². The lowest BCUT2D eigenvalue weighted by Crippen LogP contribution is -2.31. The van der Waals surface area contributed by atoms with Crippen molar-refractivity contribution >= 4 is 28.5 Å². The molecule has 0 saturated heterocycles. The van der Waals surface area contributed by atoms with Crippen LogP contribution in [0, 0.1) is 17.1 Å². The molecule has 0 saturated carbocycles. The standard InChI is InChI=1S/C20H15FN4O4/c21-13-7-5-12(6-8-13)20(28)23-10-18(27)29-11-17(26)14(9-22)19-24-15-3-1-2-4-16(15)25-19/h1-8,26H,10-11H2,(H,23,28)(H,24,25)/b17-14-. The first-order valence-electron chi connectivity index (χ1n) is 8.44. The van der Waals surface area contributed by atoms with E-state index < -0.39 is 36.6 Å². The van der Waals surface area contributed by atoms with Gasteiger partial charge in [0.05, 0.1) is 11.0 Å². The average molecular weight is 394 g/mol. The van der Waals surface area contributed by atoms with Crippen LogP contribution in [0.15, 0.2) is 54.3 Å². The lowest BCUT2D eigenvalue weighted by molar-refractivity contribution is -0.142. The number of hydrogen-bond acceptors (Lipinski definition) is 6. The molecular formula is C20H15FN4O4. The van der Waals surface area contributed by atoms with E-state index in [1.165, 1.54) is 12.1 Å². The van der Waals surface area contributed by atoms with Crippen LogP contribution in [-0.2, 0) is 9.53 Å². The lowest BCUT2D eigenvalue weighted by Gasteiger charge is -2.07. The summed E-state index contributed by atoms with van der Waals surface area (Å²) in [5.41, 5.74) is 1.31. The minimum absolute atomic E-state index is 0.145. The number of ether oxygens (including phenoxy) is 1. The highest BCUT2D eigenvalue weighted by Gasteiger charge is 2.15. The van der Waals surface area contributed by atoms with Crippen molar-refractivity contribution in [1.29, 1.82) is 5.26 Å². The number of aliphatic hydroxyl groups excluding tert-OH is 1. The fourth-order valence-corrected chi connectivity index (χ4v) is 2.45. The van der Waals surface area contributed by atoms with E-state index in [-0.39, 0.29) is 17.0 Å². The SMILES string of the molecule is N#C/C(=C(/O)COC(=O)CNC(=O)c1ccc(F)cc1)c1nc2ccccc2[nH]1. The van der Waals surface area contributed by atoms with Crippen LogP contribution in [0.2, 0.25) is 0 Å². The van der Waals surface area contributed by atoms with Gasteiger partial charge in [-0.25, -0.2) is 9.37 Å². The van der Waals surface area contributed by atoms with Gasteiger partial charge < -0.3 is 20.1 Å². The van der Waals surface area contributed by atoms with E-state index in [0.29, 0.717) is 11.0 Å². The summed E-state index contributed by atoms with van der Waals surface area (Å²) >= 11 is 0. The number of hydrogen-bond donors (Lipinski definition) is 3. The number of carbonyl (C=O) groups is 2. The number of aromatic nitrogens is 2. The van der Waals surface area contributed by atoms with Gasteiger partial charge in [0, 0.05) is 5.56 Å². The number of aliphatic hydroxyl groups is 1. The van der Waals surface area contributed by atoms with Gasteiger partial charge in [-0.05, 0) is 36.4 Å². The number of esters is 1. The summed E-state index contributed by atoms with van der Waals surface area (Å²) in [4.78, 5) is 30.8. The molecule has 0 radical (unpaired) electrons. The molecule has 0 unspecified atom stereocenters. The zero-order valence-electron chi connectivity index (χ0n) is 15.0. The van der Waals surface area contributed by atoms with E-state index in [2.05, 4.69) is 15.3 Å². The number of carbonyl (C=O) groups excluding carboxylic acids is 2. The molecule has 29 heavy (non-hydrogen) atoms. The molecule has 2 aromatic carbocycles. The number of nitrogens with one attached hydrogen (secondary N) is 2. The highest BCUT2D eigenvalue weighted by atomic mass is 19.1. The average Bonchev–Trinajstić information content (AvgIpc) is 3.15. The van der Waals surface area contributed by atoms with Gasteiger partial charge in [0.2, 0.25) is 0 Å². The van der Waals surface area contributed by atoms with Gasteiger partial charge in [-0.3, -0.25) is 9.59 Å². The lowest BCUT2D eigenvalue weighted by atomic mass is 10.2. The number of para-hydroxylation sites is 2. The summed E-state index contributed by atoms with van der Waals surface area (Å²) < 4.78 is 17.7. The molecule has 1 aromatic heterocycles. The molecule has 3 rings (SSSR count). The third-order valence-electron chi connectivity index (χ3n) is 3.90. The maximum Gasteiger partial charge on any atom is 0.325 e. The van der Waals surface area contributed by atoms with Crippen molar-refractivity contribution in [1.82, 2.24) is 15.3 Å². The van der Waals surface area contributed by atoms with Crippen LogP contribution in [-0.4, -0.2) is 40.1 Å². The van der Waals surface area contributed by atoms with Crippen LogP contribution < -0.4 is 5.32 Å². The Hall–Kier alpha value is -4.19. The number of nitriles is 1. The number of fused-ring (bicyclic) bond motifs is 1. The normalized spacial score (nSPS) is 11.4. The van der Waals surface area contributed by atoms with Gasteiger partial charge >= 0.3 is 5.97 Å². The van der Waals surface area contributed by atoms with E-state index in [4.69, 9.17) is 4.74 Å². The van der Waals surface area contributed by atoms with E-state index >= 15 is 0 Å². The van der Waals surface area contributed by atoms with Gasteiger partial charge in [0.15, 0.2) is 11.6 Å². The molecule has 8 nitrogen and oxygen atoms in total. The number of imidazole rings is 1. The Morgan fingerprint density at radius 3 is 2.62 bits per heavy atom. The van der Waals surface area contributed by atoms with Crippen molar-refractivity contribution in [2.45, 2.75) is 0 Å². The third kappa shape index (κ3) is 4.75. The fraction of sp³-hybridized carbons (Fsp3) is 0.100. The van der Waals surface area contributed by atoms with Crippen molar-refractivity contribution in [2.75, 3.05) is 13.2 Å². The molecule has 0 atom stereocenters. The number of nitrogens with zero attached hydrogens (tertiary/aromatic N) is 2.